The van der Waals surface area contributed by atoms with Crippen LogP contribution in [0, 0.1) is 0 Å². The number of unbranched alkanes of at least 4 members (excludes halogenated alkanes) is 39. The predicted octanol–water partition coefficient (Wildman–Crippen LogP) is 20.8. The Hall–Kier alpha value is -0.0400. The van der Waals surface area contributed by atoms with E-state index < -0.39 is 0 Å². The molecule has 0 aromatic rings. The Morgan fingerprint density at radius 1 is 0.193 bits per heavy atom. The van der Waals surface area contributed by atoms with Crippen molar-refractivity contribution in [3.05, 3.63) is 0 Å². The van der Waals surface area contributed by atoms with E-state index in [1.165, 1.54) is 315 Å². The van der Waals surface area contributed by atoms with E-state index in [9.17, 15) is 0 Å². The van der Waals surface area contributed by atoms with E-state index in [1.807, 2.05) is 0 Å². The summed E-state index contributed by atoms with van der Waals surface area (Å²) in [5.74, 6) is 0. The first-order valence-corrected chi connectivity index (χ1v) is 28.0. The molecule has 1 nitrogen and oxygen atoms in total. The molecule has 57 heavy (non-hydrogen) atoms. The van der Waals surface area contributed by atoms with Gasteiger partial charge < -0.3 is 0 Å². The smallest absolute Gasteiger partial charge is 0.00981 e. The number of nitrogens with zero attached hydrogens (tertiary/aromatic N) is 1. The summed E-state index contributed by atoms with van der Waals surface area (Å²) in [7, 11) is 0. The second-order valence-corrected chi connectivity index (χ2v) is 19.5. The van der Waals surface area contributed by atoms with Crippen LogP contribution in [0.25, 0.3) is 0 Å². The maximum atomic E-state index is 3.23. The van der Waals surface area contributed by atoms with Gasteiger partial charge in [0.25, 0.3) is 0 Å². The number of hydrogen-bond donors (Lipinski definition) is 0. The second-order valence-electron chi connectivity index (χ2n) is 19.5. The van der Waals surface area contributed by atoms with E-state index in [-0.39, 0.29) is 0 Å². The molecular formula is C56H115N. The van der Waals surface area contributed by atoms with Crippen LogP contribution in [0.1, 0.15) is 343 Å². The van der Waals surface area contributed by atoms with Crippen LogP contribution in [0.3, 0.4) is 0 Å². The minimum atomic E-state index is 0.839. The van der Waals surface area contributed by atoms with Crippen LogP contribution in [0.4, 0.5) is 0 Å². The van der Waals surface area contributed by atoms with Crippen molar-refractivity contribution in [3.8, 4) is 0 Å². The molecule has 0 aliphatic rings. The summed E-state index contributed by atoms with van der Waals surface area (Å²) in [4.78, 5) is 3.23. The molecule has 0 aliphatic heterocycles. The van der Waals surface area contributed by atoms with Gasteiger partial charge in [-0.2, -0.15) is 0 Å². The molecule has 1 heteroatoms. The van der Waals surface area contributed by atoms with Crippen molar-refractivity contribution < 1.29 is 0 Å². The molecule has 344 valence electrons. The quantitative estimate of drug-likeness (QED) is 0.0554. The Kier molecular flexibility index (Phi) is 50.3. The highest BCUT2D eigenvalue weighted by Gasteiger charge is 2.25. The number of hydrogen-bond acceptors (Lipinski definition) is 1. The Balaban J connectivity index is 5.57. The molecule has 0 aromatic heterocycles. The van der Waals surface area contributed by atoms with E-state index in [0.717, 1.165) is 12.1 Å². The van der Waals surface area contributed by atoms with Gasteiger partial charge in [-0.25, -0.2) is 0 Å². The highest BCUT2D eigenvalue weighted by Crippen LogP contribution is 2.28. The molecule has 0 saturated heterocycles. The van der Waals surface area contributed by atoms with Gasteiger partial charge in [-0.3, -0.25) is 4.90 Å². The highest BCUT2D eigenvalue weighted by atomic mass is 15.2. The van der Waals surface area contributed by atoms with Gasteiger partial charge in [0.2, 0.25) is 0 Å². The third kappa shape index (κ3) is 42.4. The van der Waals surface area contributed by atoms with Crippen molar-refractivity contribution in [1.82, 2.24) is 4.90 Å². The first-order chi connectivity index (χ1) is 28.2. The Labute approximate surface area is 365 Å². The van der Waals surface area contributed by atoms with Crippen LogP contribution < -0.4 is 0 Å². The van der Waals surface area contributed by atoms with Crippen molar-refractivity contribution in [1.29, 1.82) is 0 Å². The summed E-state index contributed by atoms with van der Waals surface area (Å²) in [5.41, 5.74) is 0. The summed E-state index contributed by atoms with van der Waals surface area (Å²) < 4.78 is 0. The van der Waals surface area contributed by atoms with Gasteiger partial charge >= 0.3 is 0 Å². The largest absolute Gasteiger partial charge is 0.297 e. The zero-order valence-electron chi connectivity index (χ0n) is 41.3. The van der Waals surface area contributed by atoms with E-state index in [2.05, 4.69) is 39.5 Å². The number of rotatable bonds is 51. The molecule has 0 rings (SSSR count). The normalized spacial score (nSPS) is 12.9. The predicted molar refractivity (Wildman–Crippen MR) is 264 cm³/mol. The topological polar surface area (TPSA) is 3.24 Å². The SMILES string of the molecule is CCCCCCCCCCCCCC(CCCCCCCCC)N(CCCCCCCCCC)C(CCCCCCCCC)CCCCCCCCCCCCC. The fraction of sp³-hybridized carbons (Fsp3) is 1.00. The minimum absolute atomic E-state index is 0.839. The molecule has 0 aromatic carbocycles. The van der Waals surface area contributed by atoms with Crippen LogP contribution >= 0.6 is 0 Å². The Morgan fingerprint density at radius 2 is 0.351 bits per heavy atom. The fourth-order valence-corrected chi connectivity index (χ4v) is 9.81. The van der Waals surface area contributed by atoms with Crippen molar-refractivity contribution in [2.24, 2.45) is 0 Å². The summed E-state index contributed by atoms with van der Waals surface area (Å²) in [6.45, 7) is 13.1. The summed E-state index contributed by atoms with van der Waals surface area (Å²) in [5, 5.41) is 0. The minimum Gasteiger partial charge on any atom is -0.297 e. The van der Waals surface area contributed by atoms with E-state index in [0.29, 0.717) is 0 Å². The molecule has 0 N–H and O–H groups in total. The first kappa shape index (κ1) is 57.0. The van der Waals surface area contributed by atoms with Crippen molar-refractivity contribution in [3.63, 3.8) is 0 Å². The molecule has 0 fully saturated rings. The van der Waals surface area contributed by atoms with Crippen LogP contribution in [0.5, 0.6) is 0 Å². The molecule has 0 bridgehead atoms. The fourth-order valence-electron chi connectivity index (χ4n) is 9.81. The lowest BCUT2D eigenvalue weighted by molar-refractivity contribution is 0.0958. The van der Waals surface area contributed by atoms with Crippen LogP contribution in [0.2, 0.25) is 0 Å². The summed E-state index contributed by atoms with van der Waals surface area (Å²) in [6, 6.07) is 1.68. The average Bonchev–Trinajstić information content (AvgIpc) is 3.22. The maximum Gasteiger partial charge on any atom is 0.00981 e. The Morgan fingerprint density at radius 3 is 0.544 bits per heavy atom. The van der Waals surface area contributed by atoms with Gasteiger partial charge in [0.15, 0.2) is 0 Å². The van der Waals surface area contributed by atoms with E-state index in [1.54, 1.807) is 0 Å². The lowest BCUT2D eigenvalue weighted by Gasteiger charge is -2.39. The summed E-state index contributed by atoms with van der Waals surface area (Å²) >= 11 is 0. The Bertz CT molecular complexity index is 639. The lowest BCUT2D eigenvalue weighted by atomic mass is 9.92. The third-order valence-corrected chi connectivity index (χ3v) is 13.8. The van der Waals surface area contributed by atoms with Crippen LogP contribution in [-0.4, -0.2) is 23.5 Å². The van der Waals surface area contributed by atoms with Gasteiger partial charge in [0, 0.05) is 12.1 Å². The van der Waals surface area contributed by atoms with Crippen molar-refractivity contribution >= 4 is 0 Å². The summed E-state index contributed by atoms with van der Waals surface area (Å²) in [6.07, 6.45) is 70.1. The van der Waals surface area contributed by atoms with Crippen molar-refractivity contribution in [2.45, 2.75) is 355 Å². The zero-order valence-corrected chi connectivity index (χ0v) is 41.3. The molecule has 0 amide bonds. The molecule has 0 saturated carbocycles. The van der Waals surface area contributed by atoms with Crippen LogP contribution in [0.15, 0.2) is 0 Å². The second kappa shape index (κ2) is 50.3. The van der Waals surface area contributed by atoms with Gasteiger partial charge in [0.05, 0.1) is 0 Å². The molecule has 0 aliphatic carbocycles. The van der Waals surface area contributed by atoms with Crippen molar-refractivity contribution in [2.75, 3.05) is 6.54 Å². The molecule has 0 heterocycles. The van der Waals surface area contributed by atoms with Gasteiger partial charge in [-0.05, 0) is 38.6 Å². The third-order valence-electron chi connectivity index (χ3n) is 13.8. The zero-order chi connectivity index (χ0) is 41.4. The molecule has 0 radical (unpaired) electrons. The molecule has 0 spiro atoms. The monoisotopic (exact) mass is 802 g/mol. The molecular weight excluding hydrogens is 687 g/mol. The van der Waals surface area contributed by atoms with E-state index in [4.69, 9.17) is 0 Å². The van der Waals surface area contributed by atoms with E-state index >= 15 is 0 Å². The maximum absolute atomic E-state index is 3.23. The average molecular weight is 803 g/mol. The molecule has 2 unspecified atom stereocenters. The van der Waals surface area contributed by atoms with Gasteiger partial charge in [-0.15, -0.1) is 0 Å². The lowest BCUT2D eigenvalue weighted by Crippen LogP contribution is -2.44. The highest BCUT2D eigenvalue weighted by molar-refractivity contribution is 4.81. The standard InChI is InChI=1S/C56H115N/c1-6-11-16-21-26-29-31-33-37-42-47-52-55(50-45-40-35-24-19-14-9-4)57(54-49-44-39-28-23-18-13-8-3)56(51-46-41-36-25-20-15-10-5)53-48-43-38-34-32-30-27-22-17-12-7-2/h55-56H,6-54H2,1-5H3. The van der Waals surface area contributed by atoms with Gasteiger partial charge in [0.1, 0.15) is 0 Å². The van der Waals surface area contributed by atoms with Gasteiger partial charge in [-0.1, -0.05) is 311 Å². The first-order valence-electron chi connectivity index (χ1n) is 28.0. The molecule has 2 atom stereocenters. The van der Waals surface area contributed by atoms with Crippen LogP contribution in [-0.2, 0) is 0 Å².